The minimum Gasteiger partial charge on any atom is -0.481 e. The first-order valence-electron chi connectivity index (χ1n) is 3.23. The molecule has 0 aliphatic rings. The zero-order valence-corrected chi connectivity index (χ0v) is 6.27. The first-order valence-corrected chi connectivity index (χ1v) is 3.23. The van der Waals surface area contributed by atoms with E-state index in [1.54, 1.807) is 0 Å². The molecular weight excluding hydrogens is 116 g/mol. The first kappa shape index (κ1) is 8.34. The fourth-order valence-electron chi connectivity index (χ4n) is 0.411. The van der Waals surface area contributed by atoms with Crippen molar-refractivity contribution in [1.29, 1.82) is 0 Å². The highest BCUT2D eigenvalue weighted by Crippen LogP contribution is 2.04. The Morgan fingerprint density at radius 1 is 1.44 bits per heavy atom. The number of hydrogen-bond acceptors (Lipinski definition) is 2. The second kappa shape index (κ2) is 4.24. The van der Waals surface area contributed by atoms with Gasteiger partial charge in [-0.1, -0.05) is 6.92 Å². The van der Waals surface area contributed by atoms with Crippen LogP contribution in [0.2, 0.25) is 0 Å². The van der Waals surface area contributed by atoms with Crippen LogP contribution in [0.25, 0.3) is 0 Å². The van der Waals surface area contributed by atoms with E-state index in [1.807, 2.05) is 20.8 Å². The Hall–Kier alpha value is -0.660. The lowest BCUT2D eigenvalue weighted by molar-refractivity contribution is 0.0971. The molecule has 0 aromatic heterocycles. The summed E-state index contributed by atoms with van der Waals surface area (Å²) in [4.78, 5) is 0. The Morgan fingerprint density at radius 3 is 2.33 bits per heavy atom. The molecular formula is C7H14O2. The van der Waals surface area contributed by atoms with Gasteiger partial charge >= 0.3 is 0 Å². The summed E-state index contributed by atoms with van der Waals surface area (Å²) in [6.45, 7) is 6.21. The highest BCUT2D eigenvalue weighted by atomic mass is 16.6. The molecule has 0 saturated heterocycles. The van der Waals surface area contributed by atoms with Crippen molar-refractivity contribution in [3.8, 4) is 0 Å². The van der Waals surface area contributed by atoms with Crippen molar-refractivity contribution in [2.75, 3.05) is 6.61 Å². The van der Waals surface area contributed by atoms with Gasteiger partial charge in [0.05, 0.1) is 6.61 Å². The Morgan fingerprint density at radius 2 is 2.00 bits per heavy atom. The topological polar surface area (TPSA) is 29.5 Å². The maximum atomic E-state index is 8.98. The SMILES string of the molecule is CCO/C(O)=C(/C)CC. The molecule has 0 aliphatic carbocycles. The van der Waals surface area contributed by atoms with Crippen molar-refractivity contribution in [1.82, 2.24) is 0 Å². The normalized spacial score (nSPS) is 12.8. The minimum absolute atomic E-state index is 0.0833. The highest BCUT2D eigenvalue weighted by molar-refractivity contribution is 4.96. The molecule has 0 aromatic carbocycles. The van der Waals surface area contributed by atoms with E-state index >= 15 is 0 Å². The summed E-state index contributed by atoms with van der Waals surface area (Å²) in [6.07, 6.45) is 0.839. The smallest absolute Gasteiger partial charge is 0.275 e. The van der Waals surface area contributed by atoms with E-state index in [-0.39, 0.29) is 5.95 Å². The standard InChI is InChI=1S/C7H14O2/c1-4-6(3)7(8)9-5-2/h8H,4-5H2,1-3H3/b7-6-. The Bertz CT molecular complexity index is 105. The van der Waals surface area contributed by atoms with Crippen molar-refractivity contribution in [2.45, 2.75) is 27.2 Å². The van der Waals surface area contributed by atoms with Crippen LogP contribution in [0.1, 0.15) is 27.2 Å². The quantitative estimate of drug-likeness (QED) is 0.593. The number of aliphatic hydroxyl groups excluding tert-OH is 1. The minimum atomic E-state index is 0.0833. The lowest BCUT2D eigenvalue weighted by Crippen LogP contribution is -1.92. The molecule has 0 rings (SSSR count). The molecule has 0 aromatic rings. The van der Waals surface area contributed by atoms with E-state index in [1.165, 1.54) is 0 Å². The maximum absolute atomic E-state index is 8.98. The van der Waals surface area contributed by atoms with Gasteiger partial charge in [0, 0.05) is 5.57 Å². The van der Waals surface area contributed by atoms with Crippen molar-refractivity contribution >= 4 is 0 Å². The third-order valence-corrected chi connectivity index (χ3v) is 1.18. The van der Waals surface area contributed by atoms with Gasteiger partial charge in [0.15, 0.2) is 0 Å². The lowest BCUT2D eigenvalue weighted by atomic mass is 10.2. The van der Waals surface area contributed by atoms with Crippen LogP contribution < -0.4 is 0 Å². The molecule has 0 heterocycles. The zero-order valence-electron chi connectivity index (χ0n) is 6.27. The number of aliphatic hydroxyl groups is 1. The maximum Gasteiger partial charge on any atom is 0.275 e. The van der Waals surface area contributed by atoms with E-state index in [0.29, 0.717) is 6.61 Å². The molecule has 0 amide bonds. The molecule has 0 aliphatic heterocycles. The molecule has 0 saturated carbocycles. The molecule has 0 atom stereocenters. The fourth-order valence-corrected chi connectivity index (χ4v) is 0.411. The van der Waals surface area contributed by atoms with Crippen molar-refractivity contribution in [3.05, 3.63) is 11.5 Å². The molecule has 0 spiro atoms. The molecule has 0 radical (unpaired) electrons. The van der Waals surface area contributed by atoms with Crippen LogP contribution in [-0.2, 0) is 4.74 Å². The van der Waals surface area contributed by atoms with Crippen LogP contribution >= 0.6 is 0 Å². The molecule has 2 nitrogen and oxygen atoms in total. The number of rotatable bonds is 3. The van der Waals surface area contributed by atoms with E-state index in [4.69, 9.17) is 9.84 Å². The van der Waals surface area contributed by atoms with Gasteiger partial charge in [-0.2, -0.15) is 0 Å². The largest absolute Gasteiger partial charge is 0.481 e. The van der Waals surface area contributed by atoms with E-state index in [2.05, 4.69) is 0 Å². The third kappa shape index (κ3) is 3.01. The second-order valence-corrected chi connectivity index (χ2v) is 1.87. The Kier molecular flexibility index (Phi) is 3.93. The van der Waals surface area contributed by atoms with Gasteiger partial charge in [0.1, 0.15) is 0 Å². The van der Waals surface area contributed by atoms with Gasteiger partial charge in [-0.25, -0.2) is 0 Å². The summed E-state index contributed by atoms with van der Waals surface area (Å²) in [5.41, 5.74) is 0.900. The number of hydrogen-bond donors (Lipinski definition) is 1. The van der Waals surface area contributed by atoms with Crippen LogP contribution in [-0.4, -0.2) is 11.7 Å². The molecule has 0 fully saturated rings. The summed E-state index contributed by atoms with van der Waals surface area (Å²) in [5, 5.41) is 8.98. The van der Waals surface area contributed by atoms with Crippen LogP contribution in [0.3, 0.4) is 0 Å². The summed E-state index contributed by atoms with van der Waals surface area (Å²) >= 11 is 0. The van der Waals surface area contributed by atoms with Crippen LogP contribution in [0, 0.1) is 0 Å². The van der Waals surface area contributed by atoms with Crippen LogP contribution in [0.15, 0.2) is 11.5 Å². The average molecular weight is 130 g/mol. The van der Waals surface area contributed by atoms with Crippen molar-refractivity contribution < 1.29 is 9.84 Å². The summed E-state index contributed by atoms with van der Waals surface area (Å²) in [6, 6.07) is 0. The molecule has 54 valence electrons. The fraction of sp³-hybridized carbons (Fsp3) is 0.714. The average Bonchev–Trinajstić information content (AvgIpc) is 1.87. The van der Waals surface area contributed by atoms with Gasteiger partial charge < -0.3 is 9.84 Å². The van der Waals surface area contributed by atoms with Gasteiger partial charge in [0.2, 0.25) is 0 Å². The van der Waals surface area contributed by atoms with E-state index < -0.39 is 0 Å². The lowest BCUT2D eigenvalue weighted by Gasteiger charge is -2.02. The molecule has 1 N–H and O–H groups in total. The summed E-state index contributed by atoms with van der Waals surface area (Å²) < 4.78 is 4.83. The molecule has 9 heavy (non-hydrogen) atoms. The highest BCUT2D eigenvalue weighted by Gasteiger charge is 1.95. The summed E-state index contributed by atoms with van der Waals surface area (Å²) in [7, 11) is 0. The Labute approximate surface area is 56.1 Å². The van der Waals surface area contributed by atoms with Gasteiger partial charge in [-0.15, -0.1) is 0 Å². The molecule has 0 unspecified atom stereocenters. The predicted octanol–water partition coefficient (Wildman–Crippen LogP) is 2.22. The van der Waals surface area contributed by atoms with Crippen LogP contribution in [0.5, 0.6) is 0 Å². The van der Waals surface area contributed by atoms with Crippen LogP contribution in [0.4, 0.5) is 0 Å². The molecule has 2 heteroatoms. The molecule has 0 bridgehead atoms. The van der Waals surface area contributed by atoms with E-state index in [9.17, 15) is 0 Å². The summed E-state index contributed by atoms with van der Waals surface area (Å²) in [5.74, 6) is 0.0833. The monoisotopic (exact) mass is 130 g/mol. The number of ether oxygens (including phenoxy) is 1. The zero-order chi connectivity index (χ0) is 7.28. The van der Waals surface area contributed by atoms with Crippen molar-refractivity contribution in [2.24, 2.45) is 0 Å². The van der Waals surface area contributed by atoms with Crippen molar-refractivity contribution in [3.63, 3.8) is 0 Å². The second-order valence-electron chi connectivity index (χ2n) is 1.87. The van der Waals surface area contributed by atoms with E-state index in [0.717, 1.165) is 12.0 Å². The van der Waals surface area contributed by atoms with Gasteiger partial charge in [0.25, 0.3) is 5.95 Å². The first-order chi connectivity index (χ1) is 4.22. The predicted molar refractivity (Wildman–Crippen MR) is 37.2 cm³/mol. The van der Waals surface area contributed by atoms with Gasteiger partial charge in [-0.05, 0) is 20.3 Å². The van der Waals surface area contributed by atoms with Gasteiger partial charge in [-0.3, -0.25) is 0 Å². The number of allylic oxidation sites excluding steroid dienone is 1. The third-order valence-electron chi connectivity index (χ3n) is 1.18. The Balaban J connectivity index is 3.78.